The number of nitrogen functional groups attached to an aromatic ring is 1. The minimum Gasteiger partial charge on any atom is -0.397 e. The van der Waals surface area contributed by atoms with Crippen molar-refractivity contribution in [3.05, 3.63) is 42.9 Å². The highest BCUT2D eigenvalue weighted by Crippen LogP contribution is 2.19. The molecule has 0 saturated heterocycles. The molecule has 0 atom stereocenters. The van der Waals surface area contributed by atoms with E-state index in [4.69, 9.17) is 5.73 Å². The lowest BCUT2D eigenvalue weighted by atomic mass is 10.4. The fraction of sp³-hybridized carbons (Fsp3) is 0.0909. The van der Waals surface area contributed by atoms with Crippen LogP contribution in [0.25, 0.3) is 0 Å². The van der Waals surface area contributed by atoms with Gasteiger partial charge in [-0.05, 0) is 24.3 Å². The summed E-state index contributed by atoms with van der Waals surface area (Å²) in [4.78, 5) is 7.93. The summed E-state index contributed by atoms with van der Waals surface area (Å²) >= 11 is 0. The number of nitrogens with zero attached hydrogens (tertiary/aromatic N) is 3. The molecule has 0 spiro atoms. The van der Waals surface area contributed by atoms with E-state index in [-0.39, 0.29) is 4.90 Å². The van der Waals surface area contributed by atoms with Crippen molar-refractivity contribution < 1.29 is 8.42 Å². The van der Waals surface area contributed by atoms with Gasteiger partial charge in [0.1, 0.15) is 5.82 Å². The SMILES string of the molecule is CN(c1ccc(N)cn1)S(=O)(=O)c1ccncc1. The summed E-state index contributed by atoms with van der Waals surface area (Å²) in [6.45, 7) is 0. The summed E-state index contributed by atoms with van der Waals surface area (Å²) in [7, 11) is -2.18. The minimum absolute atomic E-state index is 0.165. The molecule has 0 unspecified atom stereocenters. The van der Waals surface area contributed by atoms with E-state index in [1.165, 1.54) is 37.8 Å². The number of rotatable bonds is 3. The Kier molecular flexibility index (Phi) is 3.15. The highest BCUT2D eigenvalue weighted by atomic mass is 32.2. The van der Waals surface area contributed by atoms with Gasteiger partial charge in [-0.1, -0.05) is 0 Å². The predicted octanol–water partition coefficient (Wildman–Crippen LogP) is 0.884. The van der Waals surface area contributed by atoms with Gasteiger partial charge in [0.25, 0.3) is 10.0 Å². The average Bonchev–Trinajstić information content (AvgIpc) is 2.40. The fourth-order valence-electron chi connectivity index (χ4n) is 1.38. The lowest BCUT2D eigenvalue weighted by Crippen LogP contribution is -2.27. The van der Waals surface area contributed by atoms with Gasteiger partial charge < -0.3 is 5.73 Å². The van der Waals surface area contributed by atoms with Crippen molar-refractivity contribution in [3.8, 4) is 0 Å². The van der Waals surface area contributed by atoms with Crippen molar-refractivity contribution in [2.24, 2.45) is 0 Å². The average molecular weight is 264 g/mol. The molecule has 0 amide bonds. The summed E-state index contributed by atoms with van der Waals surface area (Å²) in [6, 6.07) is 6.02. The Morgan fingerprint density at radius 1 is 1.17 bits per heavy atom. The Bertz CT molecular complexity index is 626. The van der Waals surface area contributed by atoms with Crippen LogP contribution >= 0.6 is 0 Å². The van der Waals surface area contributed by atoms with Crippen LogP contribution in [0, 0.1) is 0 Å². The van der Waals surface area contributed by atoms with E-state index in [1.807, 2.05) is 0 Å². The molecule has 0 fully saturated rings. The summed E-state index contributed by atoms with van der Waals surface area (Å²) in [6.07, 6.45) is 4.27. The molecule has 0 aliphatic heterocycles. The van der Waals surface area contributed by atoms with Gasteiger partial charge in [-0.25, -0.2) is 13.4 Å². The van der Waals surface area contributed by atoms with E-state index >= 15 is 0 Å². The Morgan fingerprint density at radius 2 is 1.83 bits per heavy atom. The second kappa shape index (κ2) is 4.61. The van der Waals surface area contributed by atoms with Crippen molar-refractivity contribution in [1.82, 2.24) is 9.97 Å². The molecule has 0 aromatic carbocycles. The third-order valence-electron chi connectivity index (χ3n) is 2.40. The lowest BCUT2D eigenvalue weighted by molar-refractivity contribution is 0.594. The van der Waals surface area contributed by atoms with Crippen LogP contribution in [0.2, 0.25) is 0 Å². The second-order valence-electron chi connectivity index (χ2n) is 3.61. The predicted molar refractivity (Wildman–Crippen MR) is 68.5 cm³/mol. The van der Waals surface area contributed by atoms with Gasteiger partial charge >= 0.3 is 0 Å². The van der Waals surface area contributed by atoms with E-state index in [9.17, 15) is 8.42 Å². The van der Waals surface area contributed by atoms with E-state index < -0.39 is 10.0 Å². The van der Waals surface area contributed by atoms with Crippen LogP contribution in [0.1, 0.15) is 0 Å². The number of aromatic nitrogens is 2. The van der Waals surface area contributed by atoms with Crippen molar-refractivity contribution in [1.29, 1.82) is 0 Å². The minimum atomic E-state index is -3.61. The molecule has 94 valence electrons. The number of hydrogen-bond donors (Lipinski definition) is 1. The van der Waals surface area contributed by atoms with Crippen LogP contribution in [0.4, 0.5) is 11.5 Å². The van der Waals surface area contributed by atoms with Crippen molar-refractivity contribution in [2.45, 2.75) is 4.90 Å². The molecule has 0 bridgehead atoms. The third-order valence-corrected chi connectivity index (χ3v) is 4.18. The standard InChI is InChI=1S/C11H12N4O2S/c1-15(11-3-2-9(12)8-14-11)18(16,17)10-4-6-13-7-5-10/h2-8H,12H2,1H3. The Balaban J connectivity index is 2.39. The topological polar surface area (TPSA) is 89.2 Å². The third kappa shape index (κ3) is 2.25. The Morgan fingerprint density at radius 3 is 2.39 bits per heavy atom. The lowest BCUT2D eigenvalue weighted by Gasteiger charge is -2.18. The largest absolute Gasteiger partial charge is 0.397 e. The molecular formula is C11H12N4O2S. The summed E-state index contributed by atoms with van der Waals surface area (Å²) in [5.74, 6) is 0.306. The van der Waals surface area contributed by atoms with Crippen molar-refractivity contribution in [2.75, 3.05) is 17.1 Å². The number of sulfonamides is 1. The van der Waals surface area contributed by atoms with Crippen molar-refractivity contribution >= 4 is 21.5 Å². The summed E-state index contributed by atoms with van der Waals surface area (Å²) in [5, 5.41) is 0. The van der Waals surface area contributed by atoms with Crippen LogP contribution in [0.5, 0.6) is 0 Å². The molecule has 0 radical (unpaired) electrons. The molecule has 7 heteroatoms. The van der Waals surface area contributed by atoms with Gasteiger partial charge in [-0.15, -0.1) is 0 Å². The van der Waals surface area contributed by atoms with Crippen molar-refractivity contribution in [3.63, 3.8) is 0 Å². The molecule has 18 heavy (non-hydrogen) atoms. The van der Waals surface area contributed by atoms with Crippen LogP contribution in [0.3, 0.4) is 0 Å². The smallest absolute Gasteiger partial charge is 0.265 e. The fourth-order valence-corrected chi connectivity index (χ4v) is 2.51. The zero-order valence-corrected chi connectivity index (χ0v) is 10.5. The normalized spacial score (nSPS) is 11.2. The quantitative estimate of drug-likeness (QED) is 0.889. The van der Waals surface area contributed by atoms with E-state index in [1.54, 1.807) is 12.1 Å². The van der Waals surface area contributed by atoms with Gasteiger partial charge in [0.05, 0.1) is 16.8 Å². The Hall–Kier alpha value is -2.15. The molecule has 2 heterocycles. The van der Waals surface area contributed by atoms with Gasteiger partial charge in [0, 0.05) is 19.4 Å². The van der Waals surface area contributed by atoms with Crippen LogP contribution < -0.4 is 10.0 Å². The first-order valence-electron chi connectivity index (χ1n) is 5.12. The molecule has 0 aliphatic rings. The highest BCUT2D eigenvalue weighted by molar-refractivity contribution is 7.92. The van der Waals surface area contributed by atoms with Gasteiger partial charge in [0.2, 0.25) is 0 Å². The number of nitrogens with two attached hydrogens (primary N) is 1. The van der Waals surface area contributed by atoms with Crippen LogP contribution in [-0.2, 0) is 10.0 Å². The molecule has 2 aromatic heterocycles. The second-order valence-corrected chi connectivity index (χ2v) is 5.57. The van der Waals surface area contributed by atoms with E-state index in [2.05, 4.69) is 9.97 Å². The first kappa shape index (κ1) is 12.3. The maximum atomic E-state index is 12.2. The van der Waals surface area contributed by atoms with Gasteiger partial charge in [-0.2, -0.15) is 0 Å². The number of hydrogen-bond acceptors (Lipinski definition) is 5. The zero-order valence-electron chi connectivity index (χ0n) is 9.69. The van der Waals surface area contributed by atoms with Gasteiger partial charge in [-0.3, -0.25) is 9.29 Å². The van der Waals surface area contributed by atoms with Gasteiger partial charge in [0.15, 0.2) is 0 Å². The van der Waals surface area contributed by atoms with E-state index in [0.717, 1.165) is 4.31 Å². The molecule has 0 saturated carbocycles. The zero-order chi connectivity index (χ0) is 13.2. The maximum absolute atomic E-state index is 12.2. The molecule has 2 aromatic rings. The monoisotopic (exact) mass is 264 g/mol. The van der Waals surface area contributed by atoms with Crippen LogP contribution in [-0.4, -0.2) is 25.4 Å². The maximum Gasteiger partial charge on any atom is 0.265 e. The summed E-state index contributed by atoms with van der Waals surface area (Å²) in [5.41, 5.74) is 5.99. The Labute approximate surface area is 105 Å². The first-order valence-corrected chi connectivity index (χ1v) is 6.56. The molecule has 2 rings (SSSR count). The molecule has 6 nitrogen and oxygen atoms in total. The van der Waals surface area contributed by atoms with E-state index in [0.29, 0.717) is 11.5 Å². The highest BCUT2D eigenvalue weighted by Gasteiger charge is 2.21. The number of anilines is 2. The molecule has 2 N–H and O–H groups in total. The number of pyridine rings is 2. The first-order chi connectivity index (χ1) is 8.51. The molecule has 0 aliphatic carbocycles. The molecular weight excluding hydrogens is 252 g/mol. The summed E-state index contributed by atoms with van der Waals surface area (Å²) < 4.78 is 25.6. The van der Waals surface area contributed by atoms with Crippen LogP contribution in [0.15, 0.2) is 47.8 Å².